The molecular weight excluding hydrogens is 245 g/mol. The van der Waals surface area contributed by atoms with E-state index < -0.39 is 27.6 Å². The molecule has 4 nitrogen and oxygen atoms in total. The van der Waals surface area contributed by atoms with Crippen molar-refractivity contribution >= 4 is 10.0 Å². The summed E-state index contributed by atoms with van der Waals surface area (Å²) in [7, 11) is -5.19. The van der Waals surface area contributed by atoms with Crippen LogP contribution in [-0.2, 0) is 10.0 Å². The lowest BCUT2D eigenvalue weighted by Crippen LogP contribution is -2.48. The Bertz CT molecular complexity index is 381. The highest BCUT2D eigenvalue weighted by atomic mass is 32.2. The predicted molar refractivity (Wildman–Crippen MR) is 51.0 cm³/mol. The van der Waals surface area contributed by atoms with Crippen LogP contribution in [-0.4, -0.2) is 43.4 Å². The third-order valence-corrected chi connectivity index (χ3v) is 5.05. The van der Waals surface area contributed by atoms with Crippen molar-refractivity contribution in [1.82, 2.24) is 9.62 Å². The number of hydrogen-bond acceptors (Lipinski definition) is 3. The van der Waals surface area contributed by atoms with Crippen molar-refractivity contribution in [2.75, 3.05) is 13.1 Å². The van der Waals surface area contributed by atoms with Crippen LogP contribution in [0.1, 0.15) is 13.3 Å². The molecule has 2 fully saturated rings. The fourth-order valence-corrected chi connectivity index (χ4v) is 4.06. The van der Waals surface area contributed by atoms with E-state index in [0.717, 1.165) is 0 Å². The summed E-state index contributed by atoms with van der Waals surface area (Å²) in [4.78, 5) is 0. The third-order valence-electron chi connectivity index (χ3n) is 3.28. The van der Waals surface area contributed by atoms with Gasteiger partial charge < -0.3 is 5.32 Å². The van der Waals surface area contributed by atoms with Gasteiger partial charge in [-0.1, -0.05) is 0 Å². The van der Waals surface area contributed by atoms with Gasteiger partial charge in [-0.25, -0.2) is 8.42 Å². The molecule has 2 saturated heterocycles. The molecule has 0 radical (unpaired) electrons. The van der Waals surface area contributed by atoms with E-state index in [9.17, 15) is 21.6 Å². The lowest BCUT2D eigenvalue weighted by molar-refractivity contribution is -0.0501. The van der Waals surface area contributed by atoms with Crippen molar-refractivity contribution in [3.63, 3.8) is 0 Å². The van der Waals surface area contributed by atoms with Crippen molar-refractivity contribution in [3.05, 3.63) is 0 Å². The second-order valence-corrected chi connectivity index (χ2v) is 6.19. The van der Waals surface area contributed by atoms with Crippen molar-refractivity contribution in [1.29, 1.82) is 0 Å². The molecule has 2 aliphatic rings. The minimum atomic E-state index is -5.20. The lowest BCUT2D eigenvalue weighted by Gasteiger charge is -2.27. The van der Waals surface area contributed by atoms with Crippen LogP contribution in [0, 0.1) is 5.92 Å². The van der Waals surface area contributed by atoms with Gasteiger partial charge in [0.15, 0.2) is 0 Å². The van der Waals surface area contributed by atoms with Gasteiger partial charge in [-0.15, -0.1) is 0 Å². The summed E-state index contributed by atoms with van der Waals surface area (Å²) in [5, 5.41) is 2.92. The zero-order valence-corrected chi connectivity index (χ0v) is 9.48. The van der Waals surface area contributed by atoms with Crippen LogP contribution in [0.2, 0.25) is 0 Å². The van der Waals surface area contributed by atoms with Gasteiger partial charge in [-0.2, -0.15) is 17.5 Å². The monoisotopic (exact) mass is 258 g/mol. The normalized spacial score (nSPS) is 36.6. The maximum atomic E-state index is 12.5. The molecule has 2 aliphatic heterocycles. The van der Waals surface area contributed by atoms with Gasteiger partial charge >= 0.3 is 15.5 Å². The molecule has 3 atom stereocenters. The highest BCUT2D eigenvalue weighted by molar-refractivity contribution is 7.90. The third kappa shape index (κ3) is 1.63. The van der Waals surface area contributed by atoms with Crippen molar-refractivity contribution in [2.24, 2.45) is 5.92 Å². The maximum Gasteiger partial charge on any atom is 0.511 e. The largest absolute Gasteiger partial charge is 0.511 e. The molecule has 0 saturated carbocycles. The van der Waals surface area contributed by atoms with Crippen LogP contribution in [0.15, 0.2) is 0 Å². The van der Waals surface area contributed by atoms with E-state index in [1.165, 1.54) is 6.92 Å². The Morgan fingerprint density at radius 3 is 2.50 bits per heavy atom. The Labute approximate surface area is 91.8 Å². The molecule has 2 heterocycles. The topological polar surface area (TPSA) is 49.4 Å². The summed E-state index contributed by atoms with van der Waals surface area (Å²) >= 11 is 0. The van der Waals surface area contributed by atoms with Crippen LogP contribution in [0.25, 0.3) is 0 Å². The summed E-state index contributed by atoms with van der Waals surface area (Å²) in [6, 6.07) is -1.11. The van der Waals surface area contributed by atoms with Gasteiger partial charge in [0.1, 0.15) is 0 Å². The molecule has 8 heteroatoms. The van der Waals surface area contributed by atoms with Crippen LogP contribution >= 0.6 is 0 Å². The first-order valence-electron chi connectivity index (χ1n) is 5.05. The number of nitrogens with one attached hydrogen (secondary N) is 1. The quantitative estimate of drug-likeness (QED) is 0.746. The van der Waals surface area contributed by atoms with Gasteiger partial charge in [0.25, 0.3) is 0 Å². The minimum absolute atomic E-state index is 0.00660. The SMILES string of the molecule is CC1CC2CNCC2N1S(=O)(=O)C(F)(F)F. The van der Waals surface area contributed by atoms with Gasteiger partial charge in [0, 0.05) is 18.6 Å². The van der Waals surface area contributed by atoms with E-state index in [1.54, 1.807) is 0 Å². The van der Waals surface area contributed by atoms with E-state index >= 15 is 0 Å². The first-order valence-corrected chi connectivity index (χ1v) is 6.49. The zero-order chi connectivity index (χ0) is 12.1. The molecule has 2 rings (SSSR count). The Kier molecular flexibility index (Phi) is 2.71. The van der Waals surface area contributed by atoms with Crippen molar-refractivity contribution in [2.45, 2.75) is 30.9 Å². The second-order valence-electron chi connectivity index (χ2n) is 4.35. The van der Waals surface area contributed by atoms with Crippen molar-refractivity contribution in [3.8, 4) is 0 Å². The highest BCUT2D eigenvalue weighted by Crippen LogP contribution is 2.39. The van der Waals surface area contributed by atoms with Crippen LogP contribution in [0.4, 0.5) is 13.2 Å². The smallest absolute Gasteiger partial charge is 0.315 e. The fraction of sp³-hybridized carbons (Fsp3) is 1.00. The summed E-state index contributed by atoms with van der Waals surface area (Å²) < 4.78 is 60.8. The van der Waals surface area contributed by atoms with Crippen LogP contribution in [0.5, 0.6) is 0 Å². The molecule has 16 heavy (non-hydrogen) atoms. The Hall–Kier alpha value is -0.340. The molecule has 0 bridgehead atoms. The molecular formula is C8H13F3N2O2S. The average molecular weight is 258 g/mol. The van der Waals surface area contributed by atoms with Gasteiger partial charge in [-0.3, -0.25) is 0 Å². The van der Waals surface area contributed by atoms with E-state index in [-0.39, 0.29) is 5.92 Å². The van der Waals surface area contributed by atoms with Crippen LogP contribution in [0.3, 0.4) is 0 Å². The molecule has 0 aliphatic carbocycles. The second kappa shape index (κ2) is 3.58. The number of hydrogen-bond donors (Lipinski definition) is 1. The Morgan fingerprint density at radius 1 is 1.31 bits per heavy atom. The standard InChI is InChI=1S/C8H13F3N2O2S/c1-5-2-6-3-12-4-7(6)13(5)16(14,15)8(9,10)11/h5-7,12H,2-4H2,1H3. The van der Waals surface area contributed by atoms with Gasteiger partial charge in [0.2, 0.25) is 0 Å². The lowest BCUT2D eigenvalue weighted by atomic mass is 10.0. The Morgan fingerprint density at radius 2 is 1.94 bits per heavy atom. The summed E-state index contributed by atoms with van der Waals surface area (Å²) in [6.45, 7) is 2.44. The zero-order valence-electron chi connectivity index (χ0n) is 8.66. The molecule has 0 amide bonds. The van der Waals surface area contributed by atoms with E-state index in [2.05, 4.69) is 5.32 Å². The van der Waals surface area contributed by atoms with E-state index in [4.69, 9.17) is 0 Å². The van der Waals surface area contributed by atoms with E-state index in [1.807, 2.05) is 0 Å². The molecule has 0 aromatic rings. The summed E-state index contributed by atoms with van der Waals surface area (Å²) in [6.07, 6.45) is 0.493. The number of halogens is 3. The van der Waals surface area contributed by atoms with Gasteiger partial charge in [-0.05, 0) is 25.8 Å². The summed E-state index contributed by atoms with van der Waals surface area (Å²) in [5.74, 6) is 0.00660. The number of fused-ring (bicyclic) bond motifs is 1. The summed E-state index contributed by atoms with van der Waals surface area (Å²) in [5.41, 5.74) is -5.20. The fourth-order valence-electron chi connectivity index (χ4n) is 2.66. The number of alkyl halides is 3. The molecule has 1 N–H and O–H groups in total. The van der Waals surface area contributed by atoms with Gasteiger partial charge in [0.05, 0.1) is 0 Å². The first-order chi connectivity index (χ1) is 7.25. The average Bonchev–Trinajstić information content (AvgIpc) is 2.59. The molecule has 3 unspecified atom stereocenters. The first kappa shape index (κ1) is 12.1. The molecule has 0 spiro atoms. The molecule has 94 valence electrons. The van der Waals surface area contributed by atoms with E-state index in [0.29, 0.717) is 23.8 Å². The maximum absolute atomic E-state index is 12.5. The van der Waals surface area contributed by atoms with Crippen LogP contribution < -0.4 is 5.32 Å². The molecule has 0 aromatic carbocycles. The number of nitrogens with zero attached hydrogens (tertiary/aromatic N) is 1. The highest BCUT2D eigenvalue weighted by Gasteiger charge is 2.57. The molecule has 0 aromatic heterocycles. The minimum Gasteiger partial charge on any atom is -0.315 e. The number of rotatable bonds is 1. The number of sulfonamides is 1. The predicted octanol–water partition coefficient (Wildman–Crippen LogP) is 0.518. The Balaban J connectivity index is 2.33. The van der Waals surface area contributed by atoms with Crippen molar-refractivity contribution < 1.29 is 21.6 Å².